The minimum absolute atomic E-state index is 0.127. The first-order valence-electron chi connectivity index (χ1n) is 26.8. The van der Waals surface area contributed by atoms with Crippen LogP contribution in [0.1, 0.15) is 22.3 Å². The number of nitro groups is 2. The molecule has 0 unspecified atom stereocenters. The molecule has 0 atom stereocenters. The van der Waals surface area contributed by atoms with Crippen molar-refractivity contribution >= 4 is 114 Å². The van der Waals surface area contributed by atoms with Crippen LogP contribution in [0.15, 0.2) is 238 Å². The number of halogens is 2. The summed E-state index contributed by atoms with van der Waals surface area (Å²) in [6.07, 6.45) is 10.3. The zero-order chi connectivity index (χ0) is 64.7. The van der Waals surface area contributed by atoms with Crippen molar-refractivity contribution in [3.63, 3.8) is 0 Å². The molecule has 0 aliphatic heterocycles. The number of nitrogen functional groups attached to an aromatic ring is 1. The van der Waals surface area contributed by atoms with Gasteiger partial charge in [-0.3, -0.25) is 20.2 Å². The van der Waals surface area contributed by atoms with E-state index < -0.39 is 19.7 Å². The fourth-order valence-corrected chi connectivity index (χ4v) is 10.8. The van der Waals surface area contributed by atoms with Crippen LogP contribution in [-0.4, -0.2) is 69.5 Å². The number of aromatic nitrogens is 4. The van der Waals surface area contributed by atoms with Crippen LogP contribution in [0.2, 0.25) is 10.3 Å². The molecule has 0 saturated carbocycles. The van der Waals surface area contributed by atoms with Crippen LogP contribution in [-0.2, 0) is 36.3 Å². The molecular weight excluding hydrogens is 1280 g/mol. The van der Waals surface area contributed by atoms with Crippen molar-refractivity contribution in [2.24, 2.45) is 0 Å². The summed E-state index contributed by atoms with van der Waals surface area (Å²) in [5, 5.41) is 24.6. The first kappa shape index (κ1) is 70.5. The van der Waals surface area contributed by atoms with E-state index in [0.717, 1.165) is 84.1 Å². The number of hydrogen-bond donors (Lipinski definition) is 2. The molecule has 2 heterocycles. The zero-order valence-corrected chi connectivity index (χ0v) is 54.8. The number of hydrogen-bond acceptors (Lipinski definition) is 20. The van der Waals surface area contributed by atoms with Crippen molar-refractivity contribution < 1.29 is 37.2 Å². The van der Waals surface area contributed by atoms with Crippen LogP contribution in [0.5, 0.6) is 23.0 Å². The first-order valence-corrected chi connectivity index (χ1v) is 34.4. The lowest BCUT2D eigenvalue weighted by Gasteiger charge is -2.10. The van der Waals surface area contributed by atoms with Crippen molar-refractivity contribution in [2.75, 3.05) is 42.3 Å². The Hall–Kier alpha value is -8.55. The molecule has 10 rings (SSSR count). The fourth-order valence-electron chi connectivity index (χ4n) is 7.42. The maximum absolute atomic E-state index is 11.7. The van der Waals surface area contributed by atoms with Crippen LogP contribution in [0.25, 0.3) is 22.1 Å². The summed E-state index contributed by atoms with van der Waals surface area (Å²) in [5.74, 6) is 2.86. The molecule has 0 radical (unpaired) electrons. The molecule has 2 aromatic heterocycles. The number of fused-ring (bicyclic) bond motifs is 2. The van der Waals surface area contributed by atoms with Gasteiger partial charge in [-0.15, -0.1) is 47.0 Å². The van der Waals surface area contributed by atoms with Gasteiger partial charge in [0.2, 0.25) is 0 Å². The van der Waals surface area contributed by atoms with Gasteiger partial charge < -0.3 is 30.0 Å². The van der Waals surface area contributed by atoms with E-state index in [1.807, 2.05) is 207 Å². The highest BCUT2D eigenvalue weighted by Gasteiger charge is 2.17. The molecule has 10 aromatic rings. The average molecular weight is 1350 g/mol. The van der Waals surface area contributed by atoms with Crippen LogP contribution >= 0.6 is 70.2 Å². The average Bonchev–Trinajstić information content (AvgIpc) is 1.18. The molecule has 0 amide bonds. The van der Waals surface area contributed by atoms with E-state index in [2.05, 4.69) is 25.3 Å². The van der Waals surface area contributed by atoms with E-state index in [9.17, 15) is 28.6 Å². The summed E-state index contributed by atoms with van der Waals surface area (Å²) >= 11 is 17.5. The monoisotopic (exact) mass is 1340 g/mol. The molecule has 0 aliphatic rings. The third kappa shape index (κ3) is 25.1. The van der Waals surface area contributed by atoms with Gasteiger partial charge in [-0.25, -0.2) is 28.4 Å². The summed E-state index contributed by atoms with van der Waals surface area (Å²) in [5.41, 5.74) is 14.0. The predicted octanol–water partition coefficient (Wildman–Crippen LogP) is 16.6. The second-order valence-electron chi connectivity index (χ2n) is 18.4. The number of nitrogens with one attached hydrogen (secondary N) is 1. The van der Waals surface area contributed by atoms with Crippen molar-refractivity contribution in [1.29, 1.82) is 0 Å². The highest BCUT2D eigenvalue weighted by atomic mass is 35.5. The van der Waals surface area contributed by atoms with E-state index in [1.54, 1.807) is 24.5 Å². The number of rotatable bonds is 21. The predicted molar refractivity (Wildman–Crippen MR) is 369 cm³/mol. The number of nitrogens with two attached hydrogens (primary N) is 1. The quantitative estimate of drug-likeness (QED) is 0.0294. The second kappa shape index (κ2) is 37.4. The SMILES string of the molecule is CS(=O)(=O)c1nc2cc(OCc3ccccc3)ccc2nc1Cl.CS/C(=C\[N+](=O)[O-])Nc1cccc(OCc2ccccc2)c1.CSC(=C[N+](=O)[O-])SC.CSc1nc2cc(OCc3ccccc3)ccc2nc1Cl.Nc1cccc(OCc2ccccc2)c1. The van der Waals surface area contributed by atoms with Gasteiger partial charge in [0.25, 0.3) is 12.4 Å². The van der Waals surface area contributed by atoms with Gasteiger partial charge in [0, 0.05) is 41.9 Å². The van der Waals surface area contributed by atoms with Crippen LogP contribution in [0.4, 0.5) is 11.4 Å². The molecule has 18 nitrogen and oxygen atoms in total. The molecule has 0 bridgehead atoms. The normalized spacial score (nSPS) is 10.7. The van der Waals surface area contributed by atoms with Crippen molar-refractivity contribution in [3.05, 3.63) is 281 Å². The Balaban J connectivity index is 0.000000184. The number of nitrogens with zero attached hydrogens (tertiary/aromatic N) is 6. The van der Waals surface area contributed by atoms with E-state index >= 15 is 0 Å². The molecule has 0 saturated heterocycles. The van der Waals surface area contributed by atoms with Gasteiger partial charge in [-0.2, -0.15) is 0 Å². The van der Waals surface area contributed by atoms with Crippen LogP contribution in [0.3, 0.4) is 0 Å². The number of thioether (sulfide) groups is 4. The van der Waals surface area contributed by atoms with E-state index in [1.165, 1.54) is 47.0 Å². The minimum atomic E-state index is -3.54. The molecule has 25 heteroatoms. The van der Waals surface area contributed by atoms with E-state index in [0.29, 0.717) is 59.1 Å². The Morgan fingerprint density at radius 1 is 0.500 bits per heavy atom. The summed E-state index contributed by atoms with van der Waals surface area (Å²) in [6.45, 7) is 1.99. The van der Waals surface area contributed by atoms with Gasteiger partial charge in [0.1, 0.15) is 63.7 Å². The Bertz CT molecular complexity index is 4090. The lowest BCUT2D eigenvalue weighted by atomic mass is 10.2. The zero-order valence-electron chi connectivity index (χ0n) is 49.3. The largest absolute Gasteiger partial charge is 0.489 e. The Kier molecular flexibility index (Phi) is 29.3. The summed E-state index contributed by atoms with van der Waals surface area (Å²) < 4.78 is 46.9. The molecule has 466 valence electrons. The lowest BCUT2D eigenvalue weighted by Crippen LogP contribution is -2.04. The molecular formula is C65H62Cl2N8O10S5. The van der Waals surface area contributed by atoms with E-state index in [-0.39, 0.29) is 10.2 Å². The van der Waals surface area contributed by atoms with Gasteiger partial charge in [0.05, 0.1) is 31.9 Å². The highest BCUT2D eigenvalue weighted by Crippen LogP contribution is 2.29. The van der Waals surface area contributed by atoms with E-state index in [4.69, 9.17) is 47.9 Å². The van der Waals surface area contributed by atoms with Gasteiger partial charge in [-0.05, 0) is 95.8 Å². The number of ether oxygens (including phenoxy) is 4. The second-order valence-corrected chi connectivity index (χ2v) is 24.6. The van der Waals surface area contributed by atoms with Crippen LogP contribution in [0, 0.1) is 20.2 Å². The Morgan fingerprint density at radius 3 is 1.30 bits per heavy atom. The fraction of sp³-hybridized carbons (Fsp3) is 0.138. The Morgan fingerprint density at radius 2 is 0.911 bits per heavy atom. The standard InChI is InChI=1S/C16H13ClN2O3S.C16H13ClN2OS.C16H16N2O3S.C13H13NO.C4H7NO2S2/c1-23(20,21)16-15(17)18-13-8-7-12(9-14(13)19-16)22-10-11-5-3-2-4-6-11;1-21-16-15(17)18-13-8-7-12(9-14(13)19-16)20-10-11-5-3-2-4-6-11;1-22-16(11-18(19)20)17-14-8-5-9-15(10-14)21-12-13-6-3-2-4-7-13;14-12-7-4-8-13(9-12)15-10-11-5-2-1-3-6-11;1-8-4(9-2)3-5(6)7/h2-9H,10H2,1H3;2-9H,10H2,1H3;2-11,17H,12H2,1H3;1-9H,10,14H2;3H,1-2H3/b;;16-11-;;. The van der Waals surface area contributed by atoms with Crippen molar-refractivity contribution in [2.45, 2.75) is 36.5 Å². The topological polar surface area (TPSA) is 247 Å². The van der Waals surface area contributed by atoms with Gasteiger partial charge in [0.15, 0.2) is 25.2 Å². The summed E-state index contributed by atoms with van der Waals surface area (Å²) in [7, 11) is -3.54. The third-order valence-corrected chi connectivity index (χ3v) is 16.8. The minimum Gasteiger partial charge on any atom is -0.489 e. The van der Waals surface area contributed by atoms with Crippen molar-refractivity contribution in [3.8, 4) is 23.0 Å². The molecule has 90 heavy (non-hydrogen) atoms. The van der Waals surface area contributed by atoms with Crippen LogP contribution < -0.4 is 30.0 Å². The number of anilines is 2. The smallest absolute Gasteiger partial charge is 0.264 e. The molecule has 3 N–H and O–H groups in total. The van der Waals surface area contributed by atoms with Crippen molar-refractivity contribution in [1.82, 2.24) is 19.9 Å². The highest BCUT2D eigenvalue weighted by molar-refractivity contribution is 8.21. The third-order valence-electron chi connectivity index (χ3n) is 11.7. The summed E-state index contributed by atoms with van der Waals surface area (Å²) in [6, 6.07) is 65.2. The summed E-state index contributed by atoms with van der Waals surface area (Å²) in [4.78, 5) is 36.4. The maximum atomic E-state index is 11.7. The Labute approximate surface area is 549 Å². The van der Waals surface area contributed by atoms with Gasteiger partial charge in [-0.1, -0.05) is 157 Å². The lowest BCUT2D eigenvalue weighted by molar-refractivity contribution is -0.402. The molecule has 0 spiro atoms. The number of benzene rings is 8. The molecule has 0 fully saturated rings. The number of sulfone groups is 1. The molecule has 8 aromatic carbocycles. The maximum Gasteiger partial charge on any atom is 0.264 e. The molecule has 0 aliphatic carbocycles. The first-order chi connectivity index (χ1) is 43.4. The van der Waals surface area contributed by atoms with Gasteiger partial charge >= 0.3 is 0 Å².